The molecule has 0 saturated carbocycles. The summed E-state index contributed by atoms with van der Waals surface area (Å²) in [6.45, 7) is 4.90. The number of nitrogens with zero attached hydrogens (tertiary/aromatic N) is 5. The van der Waals surface area contributed by atoms with Gasteiger partial charge in [-0.15, -0.1) is 15.3 Å². The van der Waals surface area contributed by atoms with Crippen LogP contribution in [0.3, 0.4) is 0 Å². The molecule has 3 aromatic rings. The first-order valence-electron chi connectivity index (χ1n) is 7.17. The van der Waals surface area contributed by atoms with Crippen molar-refractivity contribution in [3.05, 3.63) is 42.2 Å². The molecule has 0 radical (unpaired) electrons. The highest BCUT2D eigenvalue weighted by molar-refractivity contribution is 5.66. The molecule has 2 aromatic heterocycles. The summed E-state index contributed by atoms with van der Waals surface area (Å²) < 4.78 is 12.8. The topological polar surface area (TPSA) is 78.9 Å². The van der Waals surface area contributed by atoms with Gasteiger partial charge in [0.15, 0.2) is 0 Å². The molecule has 0 unspecified atom stereocenters. The predicted molar refractivity (Wildman–Crippen MR) is 79.4 cm³/mol. The third kappa shape index (κ3) is 3.13. The number of aryl methyl sites for hydroxylation is 1. The molecule has 0 fully saturated rings. The summed E-state index contributed by atoms with van der Waals surface area (Å²) in [5, 5.41) is 16.1. The molecule has 0 spiro atoms. The van der Waals surface area contributed by atoms with Crippen molar-refractivity contribution in [3.8, 4) is 17.0 Å². The molecule has 0 amide bonds. The van der Waals surface area contributed by atoms with E-state index in [-0.39, 0.29) is 0 Å². The van der Waals surface area contributed by atoms with Crippen molar-refractivity contribution >= 4 is 0 Å². The van der Waals surface area contributed by atoms with Crippen LogP contribution >= 0.6 is 0 Å². The first kappa shape index (κ1) is 14.2. The maximum absolute atomic E-state index is 5.75. The summed E-state index contributed by atoms with van der Waals surface area (Å²) in [7, 11) is 0. The Morgan fingerprint density at radius 1 is 1.18 bits per heavy atom. The van der Waals surface area contributed by atoms with Crippen LogP contribution in [0.25, 0.3) is 11.3 Å². The van der Waals surface area contributed by atoms with E-state index in [4.69, 9.17) is 9.15 Å². The van der Waals surface area contributed by atoms with Crippen molar-refractivity contribution in [2.75, 3.05) is 6.61 Å². The third-order valence-electron chi connectivity index (χ3n) is 3.03. The van der Waals surface area contributed by atoms with Crippen molar-refractivity contribution in [2.24, 2.45) is 0 Å². The number of ether oxygens (including phenoxy) is 1. The average molecular weight is 299 g/mol. The van der Waals surface area contributed by atoms with E-state index in [1.165, 1.54) is 0 Å². The Morgan fingerprint density at radius 3 is 2.82 bits per heavy atom. The van der Waals surface area contributed by atoms with E-state index in [0.717, 1.165) is 23.4 Å². The number of rotatable bonds is 6. The molecule has 0 bridgehead atoms. The number of hydrogen-bond donors (Lipinski definition) is 0. The second-order valence-corrected chi connectivity index (χ2v) is 4.86. The summed E-state index contributed by atoms with van der Waals surface area (Å²) >= 11 is 0. The van der Waals surface area contributed by atoms with Crippen LogP contribution in [0.4, 0.5) is 0 Å². The van der Waals surface area contributed by atoms with Crippen molar-refractivity contribution in [2.45, 2.75) is 26.8 Å². The second kappa shape index (κ2) is 6.38. The van der Waals surface area contributed by atoms with Crippen LogP contribution in [-0.2, 0) is 6.54 Å². The lowest BCUT2D eigenvalue weighted by atomic mass is 10.1. The minimum Gasteiger partial charge on any atom is -0.493 e. The number of para-hydroxylation sites is 1. The summed E-state index contributed by atoms with van der Waals surface area (Å²) in [5.74, 6) is 1.85. The lowest BCUT2D eigenvalue weighted by Crippen LogP contribution is -2.00. The first-order valence-corrected chi connectivity index (χ1v) is 7.17. The highest BCUT2D eigenvalue weighted by Crippen LogP contribution is 2.28. The summed E-state index contributed by atoms with van der Waals surface area (Å²) in [4.78, 5) is 0. The molecule has 7 nitrogen and oxygen atoms in total. The molecular weight excluding hydrogens is 282 g/mol. The fraction of sp³-hybridized carbons (Fsp3) is 0.333. The molecule has 0 atom stereocenters. The minimum absolute atomic E-state index is 0.395. The Bertz CT molecular complexity index is 750. The van der Waals surface area contributed by atoms with Crippen molar-refractivity contribution < 1.29 is 9.15 Å². The van der Waals surface area contributed by atoms with Gasteiger partial charge in [0.05, 0.1) is 12.8 Å². The highest BCUT2D eigenvalue weighted by Gasteiger charge is 2.11. The van der Waals surface area contributed by atoms with Gasteiger partial charge in [0.25, 0.3) is 0 Å². The largest absolute Gasteiger partial charge is 0.493 e. The van der Waals surface area contributed by atoms with Gasteiger partial charge in [-0.25, -0.2) is 4.68 Å². The monoisotopic (exact) mass is 299 g/mol. The molecule has 1 aromatic carbocycles. The zero-order chi connectivity index (χ0) is 15.4. The molecule has 0 aliphatic rings. The Kier molecular flexibility index (Phi) is 4.13. The predicted octanol–water partition coefficient (Wildman–Crippen LogP) is 2.47. The Labute approximate surface area is 127 Å². The molecule has 2 heterocycles. The molecule has 7 heteroatoms. The van der Waals surface area contributed by atoms with Crippen LogP contribution in [0.15, 0.2) is 34.9 Å². The zero-order valence-corrected chi connectivity index (χ0v) is 12.6. The van der Waals surface area contributed by atoms with Crippen LogP contribution in [0.2, 0.25) is 0 Å². The van der Waals surface area contributed by atoms with Gasteiger partial charge in [-0.1, -0.05) is 24.3 Å². The quantitative estimate of drug-likeness (QED) is 0.695. The summed E-state index contributed by atoms with van der Waals surface area (Å²) in [6.07, 6.45) is 2.80. The van der Waals surface area contributed by atoms with E-state index in [9.17, 15) is 0 Å². The van der Waals surface area contributed by atoms with Gasteiger partial charge >= 0.3 is 0 Å². The van der Waals surface area contributed by atoms with Crippen molar-refractivity contribution in [3.63, 3.8) is 0 Å². The van der Waals surface area contributed by atoms with Gasteiger partial charge in [0, 0.05) is 12.5 Å². The average Bonchev–Trinajstić information content (AvgIpc) is 3.15. The number of benzene rings is 1. The normalized spacial score (nSPS) is 10.8. The fourth-order valence-corrected chi connectivity index (χ4v) is 2.06. The Hall–Kier alpha value is -2.70. The van der Waals surface area contributed by atoms with Gasteiger partial charge in [0.2, 0.25) is 11.8 Å². The molecular formula is C15H17N5O2. The second-order valence-electron chi connectivity index (χ2n) is 4.86. The van der Waals surface area contributed by atoms with Crippen LogP contribution in [-0.4, -0.2) is 31.8 Å². The Morgan fingerprint density at radius 2 is 2.05 bits per heavy atom. The van der Waals surface area contributed by atoms with Gasteiger partial charge in [-0.2, -0.15) is 0 Å². The van der Waals surface area contributed by atoms with E-state index < -0.39 is 0 Å². The summed E-state index contributed by atoms with van der Waals surface area (Å²) in [6, 6.07) is 7.80. The standard InChI is InChI=1S/C15H17N5O2/c1-3-8-21-14-7-5-4-6-12(14)13-9-20(19-17-13)10-15-18-16-11(2)22-15/h4-7,9H,3,8,10H2,1-2H3. The fourth-order valence-electron chi connectivity index (χ4n) is 2.06. The zero-order valence-electron chi connectivity index (χ0n) is 12.6. The smallest absolute Gasteiger partial charge is 0.237 e. The Balaban J connectivity index is 1.81. The van der Waals surface area contributed by atoms with Gasteiger partial charge in [-0.05, 0) is 18.6 Å². The van der Waals surface area contributed by atoms with E-state index in [1.54, 1.807) is 11.6 Å². The lowest BCUT2D eigenvalue weighted by molar-refractivity contribution is 0.318. The van der Waals surface area contributed by atoms with Crippen molar-refractivity contribution in [1.29, 1.82) is 0 Å². The van der Waals surface area contributed by atoms with E-state index in [2.05, 4.69) is 27.4 Å². The molecule has 0 saturated heterocycles. The number of aromatic nitrogens is 5. The molecule has 0 aliphatic heterocycles. The van der Waals surface area contributed by atoms with Crippen molar-refractivity contribution in [1.82, 2.24) is 25.2 Å². The molecule has 3 rings (SSSR count). The van der Waals surface area contributed by atoms with Crippen LogP contribution in [0.1, 0.15) is 25.1 Å². The van der Waals surface area contributed by atoms with Gasteiger partial charge < -0.3 is 9.15 Å². The summed E-state index contributed by atoms with van der Waals surface area (Å²) in [5.41, 5.74) is 1.67. The maximum atomic E-state index is 5.75. The third-order valence-corrected chi connectivity index (χ3v) is 3.03. The molecule has 114 valence electrons. The molecule has 0 N–H and O–H groups in total. The maximum Gasteiger partial charge on any atom is 0.237 e. The van der Waals surface area contributed by atoms with Gasteiger partial charge in [0.1, 0.15) is 18.0 Å². The van der Waals surface area contributed by atoms with Crippen LogP contribution in [0, 0.1) is 6.92 Å². The van der Waals surface area contributed by atoms with E-state index in [1.807, 2.05) is 30.5 Å². The highest BCUT2D eigenvalue weighted by atomic mass is 16.5. The minimum atomic E-state index is 0.395. The lowest BCUT2D eigenvalue weighted by Gasteiger charge is -2.08. The number of hydrogen-bond acceptors (Lipinski definition) is 6. The molecule has 0 aliphatic carbocycles. The molecule has 22 heavy (non-hydrogen) atoms. The SMILES string of the molecule is CCCOc1ccccc1-c1cn(Cc2nnc(C)o2)nn1. The van der Waals surface area contributed by atoms with Gasteiger partial charge in [-0.3, -0.25) is 0 Å². The van der Waals surface area contributed by atoms with E-state index >= 15 is 0 Å². The van der Waals surface area contributed by atoms with E-state index in [0.29, 0.717) is 24.9 Å². The first-order chi connectivity index (χ1) is 10.8. The van der Waals surface area contributed by atoms with Crippen LogP contribution in [0.5, 0.6) is 5.75 Å². The van der Waals surface area contributed by atoms with Crippen LogP contribution < -0.4 is 4.74 Å².